The van der Waals surface area contributed by atoms with Crippen LogP contribution < -0.4 is 10.1 Å². The largest absolute Gasteiger partial charge is 0.497 e. The highest BCUT2D eigenvalue weighted by Crippen LogP contribution is 2.12. The molecule has 0 atom stereocenters. The Hall–Kier alpha value is -3.48. The maximum absolute atomic E-state index is 12.0. The zero-order valence-corrected chi connectivity index (χ0v) is 13.9. The molecule has 0 aliphatic rings. The van der Waals surface area contributed by atoms with Crippen LogP contribution in [0.2, 0.25) is 0 Å². The van der Waals surface area contributed by atoms with E-state index in [2.05, 4.69) is 20.3 Å². The van der Waals surface area contributed by atoms with Crippen LogP contribution in [0, 0.1) is 6.92 Å². The molecule has 3 rings (SSSR count). The van der Waals surface area contributed by atoms with Gasteiger partial charge in [-0.05, 0) is 30.7 Å². The first kappa shape index (κ1) is 16.4. The number of imidazole rings is 1. The number of nitrogens with zero attached hydrogens (tertiary/aromatic N) is 4. The molecule has 25 heavy (non-hydrogen) atoms. The molecule has 7 nitrogen and oxygen atoms in total. The van der Waals surface area contributed by atoms with E-state index in [-0.39, 0.29) is 5.91 Å². The highest BCUT2D eigenvalue weighted by molar-refractivity contribution is 6.01. The third-order valence-electron chi connectivity index (χ3n) is 3.49. The minimum absolute atomic E-state index is 0.258. The van der Waals surface area contributed by atoms with Crippen molar-refractivity contribution < 1.29 is 9.53 Å². The summed E-state index contributed by atoms with van der Waals surface area (Å²) in [6.07, 6.45) is 9.75. The highest BCUT2D eigenvalue weighted by atomic mass is 16.5. The molecule has 0 saturated heterocycles. The van der Waals surface area contributed by atoms with E-state index in [1.807, 2.05) is 31.2 Å². The molecule has 0 bridgehead atoms. The Morgan fingerprint density at radius 2 is 1.88 bits per heavy atom. The van der Waals surface area contributed by atoms with Gasteiger partial charge in [0.05, 0.1) is 25.2 Å². The van der Waals surface area contributed by atoms with E-state index in [9.17, 15) is 4.79 Å². The summed E-state index contributed by atoms with van der Waals surface area (Å²) in [7, 11) is 1.61. The molecule has 7 heteroatoms. The van der Waals surface area contributed by atoms with Gasteiger partial charge in [-0.1, -0.05) is 12.1 Å². The molecule has 126 valence electrons. The number of ether oxygens (including phenoxy) is 1. The second kappa shape index (κ2) is 7.39. The monoisotopic (exact) mass is 335 g/mol. The number of anilines is 1. The van der Waals surface area contributed by atoms with Crippen LogP contribution in [-0.2, 0) is 4.79 Å². The number of amides is 1. The number of methoxy groups -OCH3 is 1. The zero-order chi connectivity index (χ0) is 17.6. The van der Waals surface area contributed by atoms with Crippen LogP contribution in [0.5, 0.6) is 5.75 Å². The Bertz CT molecular complexity index is 883. The second-order valence-electron chi connectivity index (χ2n) is 5.21. The van der Waals surface area contributed by atoms with Gasteiger partial charge in [0.1, 0.15) is 11.6 Å². The topological polar surface area (TPSA) is 81.9 Å². The lowest BCUT2D eigenvalue weighted by molar-refractivity contribution is -0.111. The number of rotatable bonds is 5. The first-order valence-electron chi connectivity index (χ1n) is 7.61. The molecule has 1 N–H and O–H groups in total. The average Bonchev–Trinajstić information content (AvgIpc) is 3.07. The van der Waals surface area contributed by atoms with Crippen molar-refractivity contribution in [2.75, 3.05) is 12.4 Å². The number of hydrogen-bond donors (Lipinski definition) is 1. The highest BCUT2D eigenvalue weighted by Gasteiger charge is 2.04. The van der Waals surface area contributed by atoms with Crippen molar-refractivity contribution in [3.63, 3.8) is 0 Å². The van der Waals surface area contributed by atoms with Gasteiger partial charge in [-0.3, -0.25) is 9.36 Å². The van der Waals surface area contributed by atoms with E-state index in [0.29, 0.717) is 11.6 Å². The van der Waals surface area contributed by atoms with Gasteiger partial charge in [-0.25, -0.2) is 15.0 Å². The lowest BCUT2D eigenvalue weighted by Gasteiger charge is -2.05. The van der Waals surface area contributed by atoms with Crippen LogP contribution in [0.1, 0.15) is 11.4 Å². The number of carbonyl (C=O) groups is 1. The van der Waals surface area contributed by atoms with E-state index in [1.165, 1.54) is 6.08 Å². The summed E-state index contributed by atoms with van der Waals surface area (Å²) < 4.78 is 6.85. The van der Waals surface area contributed by atoms with E-state index in [1.54, 1.807) is 42.5 Å². The number of benzene rings is 1. The van der Waals surface area contributed by atoms with Gasteiger partial charge in [0.2, 0.25) is 11.9 Å². The van der Waals surface area contributed by atoms with E-state index in [4.69, 9.17) is 4.74 Å². The van der Waals surface area contributed by atoms with Crippen molar-refractivity contribution in [2.24, 2.45) is 0 Å². The number of carbonyl (C=O) groups excluding carboxylic acids is 1. The molecule has 0 aliphatic carbocycles. The molecule has 0 spiro atoms. The Kier molecular flexibility index (Phi) is 4.84. The predicted octanol–water partition coefficient (Wildman–Crippen LogP) is 2.63. The van der Waals surface area contributed by atoms with Crippen molar-refractivity contribution in [3.05, 3.63) is 66.5 Å². The van der Waals surface area contributed by atoms with Gasteiger partial charge in [0, 0.05) is 18.5 Å². The van der Waals surface area contributed by atoms with E-state index < -0.39 is 0 Å². The van der Waals surface area contributed by atoms with Crippen molar-refractivity contribution in [1.29, 1.82) is 0 Å². The molecule has 0 saturated carbocycles. The molecule has 2 aromatic heterocycles. The quantitative estimate of drug-likeness (QED) is 0.725. The molecule has 0 fully saturated rings. The summed E-state index contributed by atoms with van der Waals surface area (Å²) >= 11 is 0. The van der Waals surface area contributed by atoms with E-state index in [0.717, 1.165) is 17.1 Å². The number of aryl methyl sites for hydroxylation is 1. The average molecular weight is 335 g/mol. The van der Waals surface area contributed by atoms with Crippen LogP contribution in [0.25, 0.3) is 12.0 Å². The normalized spacial score (nSPS) is 10.8. The fourth-order valence-electron chi connectivity index (χ4n) is 2.17. The van der Waals surface area contributed by atoms with Crippen LogP contribution in [-0.4, -0.2) is 32.5 Å². The maximum Gasteiger partial charge on any atom is 0.248 e. The molecular formula is C18H17N5O2. The Morgan fingerprint density at radius 1 is 1.16 bits per heavy atom. The van der Waals surface area contributed by atoms with Crippen molar-refractivity contribution in [1.82, 2.24) is 19.5 Å². The Morgan fingerprint density at radius 3 is 2.48 bits per heavy atom. The lowest BCUT2D eigenvalue weighted by atomic mass is 10.2. The summed E-state index contributed by atoms with van der Waals surface area (Å²) in [4.78, 5) is 24.6. The van der Waals surface area contributed by atoms with Gasteiger partial charge in [0.25, 0.3) is 0 Å². The van der Waals surface area contributed by atoms with Crippen LogP contribution in [0.3, 0.4) is 0 Å². The van der Waals surface area contributed by atoms with Crippen molar-refractivity contribution >= 4 is 17.7 Å². The summed E-state index contributed by atoms with van der Waals surface area (Å²) in [6.45, 7) is 1.86. The van der Waals surface area contributed by atoms with Crippen LogP contribution in [0.4, 0.5) is 5.69 Å². The number of nitrogens with one attached hydrogen (secondary N) is 1. The molecular weight excluding hydrogens is 318 g/mol. The molecule has 1 aromatic carbocycles. The minimum atomic E-state index is -0.258. The fourth-order valence-corrected chi connectivity index (χ4v) is 2.17. The standard InChI is InChI=1S/C18H17N5O2/c1-13-19-9-10-23(13)18-20-11-15(12-21-18)22-17(24)8-5-14-3-6-16(25-2)7-4-14/h3-12H,1-2H3,(H,22,24)/b8-5+. The molecule has 0 aliphatic heterocycles. The first-order chi connectivity index (χ1) is 12.2. The van der Waals surface area contributed by atoms with Gasteiger partial charge in [-0.15, -0.1) is 0 Å². The number of hydrogen-bond acceptors (Lipinski definition) is 5. The number of aromatic nitrogens is 4. The lowest BCUT2D eigenvalue weighted by Crippen LogP contribution is -2.09. The van der Waals surface area contributed by atoms with Gasteiger partial charge in [0.15, 0.2) is 0 Å². The third-order valence-corrected chi connectivity index (χ3v) is 3.49. The smallest absolute Gasteiger partial charge is 0.248 e. The Balaban J connectivity index is 1.62. The maximum atomic E-state index is 12.0. The zero-order valence-electron chi connectivity index (χ0n) is 13.9. The second-order valence-corrected chi connectivity index (χ2v) is 5.21. The third kappa shape index (κ3) is 4.08. The first-order valence-corrected chi connectivity index (χ1v) is 7.61. The summed E-state index contributed by atoms with van der Waals surface area (Å²) in [5.74, 6) is 1.80. The van der Waals surface area contributed by atoms with Gasteiger partial charge >= 0.3 is 0 Å². The molecule has 0 unspecified atom stereocenters. The van der Waals surface area contributed by atoms with Crippen molar-refractivity contribution in [2.45, 2.75) is 6.92 Å². The van der Waals surface area contributed by atoms with Crippen molar-refractivity contribution in [3.8, 4) is 11.7 Å². The fraction of sp³-hybridized carbons (Fsp3) is 0.111. The summed E-state index contributed by atoms with van der Waals surface area (Å²) in [5, 5.41) is 2.72. The van der Waals surface area contributed by atoms with Gasteiger partial charge in [-0.2, -0.15) is 0 Å². The van der Waals surface area contributed by atoms with Crippen LogP contribution in [0.15, 0.2) is 55.1 Å². The molecule has 0 radical (unpaired) electrons. The van der Waals surface area contributed by atoms with Gasteiger partial charge < -0.3 is 10.1 Å². The summed E-state index contributed by atoms with van der Waals surface area (Å²) in [5.41, 5.74) is 1.42. The van der Waals surface area contributed by atoms with Crippen LogP contribution >= 0.6 is 0 Å². The SMILES string of the molecule is COc1ccc(/C=C/C(=O)Nc2cnc(-n3ccnc3C)nc2)cc1. The predicted molar refractivity (Wildman–Crippen MR) is 94.5 cm³/mol. The molecule has 2 heterocycles. The van der Waals surface area contributed by atoms with E-state index >= 15 is 0 Å². The molecule has 1 amide bonds. The molecule has 3 aromatic rings. The summed E-state index contributed by atoms with van der Waals surface area (Å²) in [6, 6.07) is 7.41. The minimum Gasteiger partial charge on any atom is -0.497 e. The Labute approximate surface area is 145 Å².